The van der Waals surface area contributed by atoms with Crippen LogP contribution in [-0.2, 0) is 11.3 Å². The molecule has 0 saturated carbocycles. The zero-order valence-corrected chi connectivity index (χ0v) is 12.5. The predicted octanol–water partition coefficient (Wildman–Crippen LogP) is 2.25. The quantitative estimate of drug-likeness (QED) is 0.739. The van der Waals surface area contributed by atoms with Crippen LogP contribution >= 0.6 is 11.8 Å². The van der Waals surface area contributed by atoms with Crippen LogP contribution in [0.2, 0.25) is 0 Å². The maximum atomic E-state index is 12.3. The molecule has 1 N–H and O–H groups in total. The van der Waals surface area contributed by atoms with Crippen LogP contribution in [0.5, 0.6) is 0 Å². The number of thioether (sulfide) groups is 1. The smallest absolute Gasteiger partial charge is 0.390 e. The van der Waals surface area contributed by atoms with E-state index in [9.17, 15) is 18.0 Å². The second-order valence-electron chi connectivity index (χ2n) is 4.40. The van der Waals surface area contributed by atoms with Crippen molar-refractivity contribution in [2.24, 2.45) is 0 Å². The average molecular weight is 326 g/mol. The van der Waals surface area contributed by atoms with Crippen LogP contribution in [0, 0.1) is 0 Å². The van der Waals surface area contributed by atoms with Crippen LogP contribution in [0.1, 0.15) is 19.8 Å². The van der Waals surface area contributed by atoms with Gasteiger partial charge in [0.2, 0.25) is 5.95 Å². The number of carboxylic acids is 1. The Bertz CT molecular complexity index is 479. The van der Waals surface area contributed by atoms with Gasteiger partial charge in [0.1, 0.15) is 0 Å². The van der Waals surface area contributed by atoms with Gasteiger partial charge in [-0.1, -0.05) is 18.7 Å². The van der Waals surface area contributed by atoms with E-state index in [0.717, 1.165) is 18.2 Å². The largest absolute Gasteiger partial charge is 0.481 e. The van der Waals surface area contributed by atoms with Crippen molar-refractivity contribution >= 4 is 23.7 Å². The Balaban J connectivity index is 2.82. The third-order valence-corrected chi connectivity index (χ3v) is 3.49. The molecule has 1 rings (SSSR count). The van der Waals surface area contributed by atoms with E-state index < -0.39 is 18.6 Å². The summed E-state index contributed by atoms with van der Waals surface area (Å²) in [6.07, 6.45) is -4.44. The fourth-order valence-electron chi connectivity index (χ4n) is 1.61. The van der Waals surface area contributed by atoms with Gasteiger partial charge in [0.25, 0.3) is 0 Å². The number of rotatable bonds is 8. The van der Waals surface area contributed by atoms with Gasteiger partial charge in [-0.25, -0.2) is 0 Å². The molecule has 1 heterocycles. The molecule has 0 aliphatic carbocycles. The highest BCUT2D eigenvalue weighted by Crippen LogP contribution is 2.24. The van der Waals surface area contributed by atoms with E-state index in [2.05, 4.69) is 10.2 Å². The number of anilines is 1. The summed E-state index contributed by atoms with van der Waals surface area (Å²) in [7, 11) is 1.51. The van der Waals surface area contributed by atoms with Gasteiger partial charge in [0.05, 0.1) is 12.2 Å². The summed E-state index contributed by atoms with van der Waals surface area (Å²) in [5, 5.41) is 16.8. The Morgan fingerprint density at radius 1 is 1.43 bits per heavy atom. The molecule has 1 aromatic heterocycles. The van der Waals surface area contributed by atoms with E-state index in [-0.39, 0.29) is 12.3 Å². The Morgan fingerprint density at radius 3 is 2.62 bits per heavy atom. The number of hydrogen-bond acceptors (Lipinski definition) is 5. The van der Waals surface area contributed by atoms with Crippen molar-refractivity contribution in [2.45, 2.75) is 37.6 Å². The second-order valence-corrected chi connectivity index (χ2v) is 5.35. The number of aliphatic carboxylic acids is 1. The van der Waals surface area contributed by atoms with E-state index in [1.807, 2.05) is 6.92 Å². The van der Waals surface area contributed by atoms with Gasteiger partial charge >= 0.3 is 12.1 Å². The molecule has 0 saturated heterocycles. The summed E-state index contributed by atoms with van der Waals surface area (Å²) < 4.78 is 38.4. The SMILES string of the molecule is CCCn1c(SCC(=O)O)nnc1N(C)CCC(F)(F)F. The van der Waals surface area contributed by atoms with Crippen LogP contribution < -0.4 is 4.90 Å². The summed E-state index contributed by atoms with van der Waals surface area (Å²) in [6.45, 7) is 2.20. The molecule has 0 fully saturated rings. The van der Waals surface area contributed by atoms with Gasteiger partial charge in [0, 0.05) is 20.1 Å². The van der Waals surface area contributed by atoms with Crippen molar-refractivity contribution in [2.75, 3.05) is 24.2 Å². The first kappa shape index (κ1) is 17.6. The first-order chi connectivity index (χ1) is 9.74. The lowest BCUT2D eigenvalue weighted by Gasteiger charge is -2.20. The number of carbonyl (C=O) groups is 1. The standard InChI is InChI=1S/C11H17F3N4O2S/c1-3-5-18-9(17(2)6-4-11(12,13)14)15-16-10(18)21-7-8(19)20/h3-7H2,1-2H3,(H,19,20). The number of halogens is 3. The molecule has 6 nitrogen and oxygen atoms in total. The molecule has 21 heavy (non-hydrogen) atoms. The van der Waals surface area contributed by atoms with Crippen LogP contribution in [0.3, 0.4) is 0 Å². The maximum Gasteiger partial charge on any atom is 0.390 e. The molecule has 120 valence electrons. The lowest BCUT2D eigenvalue weighted by molar-refractivity contribution is -0.134. The molecule has 0 radical (unpaired) electrons. The third-order valence-electron chi connectivity index (χ3n) is 2.54. The minimum atomic E-state index is -4.23. The summed E-state index contributed by atoms with van der Waals surface area (Å²) in [5.41, 5.74) is 0. The third kappa shape index (κ3) is 5.82. The molecule has 1 aromatic rings. The number of carboxylic acid groups (broad SMARTS) is 1. The van der Waals surface area contributed by atoms with Crippen molar-refractivity contribution in [3.05, 3.63) is 0 Å². The monoisotopic (exact) mass is 326 g/mol. The highest BCUT2D eigenvalue weighted by molar-refractivity contribution is 7.99. The molecule has 0 spiro atoms. The molecule has 0 aromatic carbocycles. The molecule has 0 aliphatic rings. The number of aromatic nitrogens is 3. The highest BCUT2D eigenvalue weighted by Gasteiger charge is 2.28. The summed E-state index contributed by atoms with van der Waals surface area (Å²) >= 11 is 0.998. The van der Waals surface area contributed by atoms with Crippen molar-refractivity contribution in [1.82, 2.24) is 14.8 Å². The molecule has 10 heteroatoms. The van der Waals surface area contributed by atoms with Gasteiger partial charge < -0.3 is 10.0 Å². The Kier molecular flexibility index (Phi) is 6.31. The number of alkyl halides is 3. The Morgan fingerprint density at radius 2 is 2.10 bits per heavy atom. The molecular weight excluding hydrogens is 309 g/mol. The minimum absolute atomic E-state index is 0.173. The van der Waals surface area contributed by atoms with Gasteiger partial charge in [-0.05, 0) is 6.42 Å². The lowest BCUT2D eigenvalue weighted by Crippen LogP contribution is -2.26. The molecule has 0 atom stereocenters. The summed E-state index contributed by atoms with van der Waals surface area (Å²) in [5.74, 6) is -0.847. The van der Waals surface area contributed by atoms with Crippen molar-refractivity contribution in [3.8, 4) is 0 Å². The number of nitrogens with zero attached hydrogens (tertiary/aromatic N) is 4. The first-order valence-corrected chi connectivity index (χ1v) is 7.28. The van der Waals surface area contributed by atoms with Crippen LogP contribution in [0.4, 0.5) is 19.1 Å². The van der Waals surface area contributed by atoms with Gasteiger partial charge in [0.15, 0.2) is 5.16 Å². The van der Waals surface area contributed by atoms with E-state index in [0.29, 0.717) is 17.6 Å². The van der Waals surface area contributed by atoms with Gasteiger partial charge in [-0.15, -0.1) is 10.2 Å². The van der Waals surface area contributed by atoms with Crippen molar-refractivity contribution in [1.29, 1.82) is 0 Å². The highest BCUT2D eigenvalue weighted by atomic mass is 32.2. The number of hydrogen-bond donors (Lipinski definition) is 1. The summed E-state index contributed by atoms with van der Waals surface area (Å²) in [4.78, 5) is 12.0. The van der Waals surface area contributed by atoms with E-state index in [4.69, 9.17) is 5.11 Å². The molecule has 0 amide bonds. The zero-order chi connectivity index (χ0) is 16.0. The second kappa shape index (κ2) is 7.53. The van der Waals surface area contributed by atoms with E-state index >= 15 is 0 Å². The summed E-state index contributed by atoms with van der Waals surface area (Å²) in [6, 6.07) is 0. The normalized spacial score (nSPS) is 11.7. The van der Waals surface area contributed by atoms with Crippen molar-refractivity contribution in [3.63, 3.8) is 0 Å². The van der Waals surface area contributed by atoms with Gasteiger partial charge in [-0.3, -0.25) is 9.36 Å². The lowest BCUT2D eigenvalue weighted by atomic mass is 10.4. The zero-order valence-electron chi connectivity index (χ0n) is 11.7. The molecular formula is C11H17F3N4O2S. The maximum absolute atomic E-state index is 12.3. The van der Waals surface area contributed by atoms with Gasteiger partial charge in [-0.2, -0.15) is 13.2 Å². The molecule has 0 aliphatic heterocycles. The van der Waals surface area contributed by atoms with Crippen LogP contribution in [0.15, 0.2) is 5.16 Å². The van der Waals surface area contributed by atoms with Crippen LogP contribution in [0.25, 0.3) is 0 Å². The Hall–Kier alpha value is -1.45. The van der Waals surface area contributed by atoms with E-state index in [1.54, 1.807) is 4.57 Å². The fraction of sp³-hybridized carbons (Fsp3) is 0.727. The Labute approximate surface area is 124 Å². The van der Waals surface area contributed by atoms with Crippen molar-refractivity contribution < 1.29 is 23.1 Å². The first-order valence-electron chi connectivity index (χ1n) is 6.30. The predicted molar refractivity (Wildman–Crippen MR) is 72.6 cm³/mol. The fourth-order valence-corrected chi connectivity index (χ4v) is 2.29. The average Bonchev–Trinajstić information content (AvgIpc) is 2.76. The molecule has 0 unspecified atom stereocenters. The van der Waals surface area contributed by atoms with E-state index in [1.165, 1.54) is 11.9 Å². The van der Waals surface area contributed by atoms with Crippen LogP contribution in [-0.4, -0.2) is 51.4 Å². The topological polar surface area (TPSA) is 71.2 Å². The molecule has 0 bridgehead atoms. The minimum Gasteiger partial charge on any atom is -0.481 e.